The number of thiophene rings is 1. The molecular weight excluding hydrogens is 370 g/mol. The van der Waals surface area contributed by atoms with Crippen molar-refractivity contribution in [2.24, 2.45) is 0 Å². The summed E-state index contributed by atoms with van der Waals surface area (Å²) in [5, 5.41) is 4.72. The van der Waals surface area contributed by atoms with E-state index >= 15 is 0 Å². The fraction of sp³-hybridized carbons (Fsp3) is 0.250. The van der Waals surface area contributed by atoms with Gasteiger partial charge in [-0.15, -0.1) is 11.3 Å². The molecule has 0 fully saturated rings. The van der Waals surface area contributed by atoms with Crippen LogP contribution in [0.1, 0.15) is 16.2 Å². The van der Waals surface area contributed by atoms with Crippen LogP contribution in [0.2, 0.25) is 0 Å². The summed E-state index contributed by atoms with van der Waals surface area (Å²) in [6, 6.07) is 11.4. The van der Waals surface area contributed by atoms with Gasteiger partial charge in [0.25, 0.3) is 0 Å². The molecule has 0 aliphatic rings. The number of nitrogens with zero attached hydrogens (tertiary/aromatic N) is 1. The molecule has 0 saturated carbocycles. The minimum atomic E-state index is -0.596. The third-order valence-electron chi connectivity index (χ3n) is 4.05. The molecule has 0 unspecified atom stereocenters. The largest absolute Gasteiger partial charge is 0.468 e. The average molecular weight is 390 g/mol. The molecule has 1 amide bonds. The van der Waals surface area contributed by atoms with Crippen molar-refractivity contribution in [1.82, 2.24) is 10.2 Å². The number of rotatable bonds is 9. The zero-order valence-electron chi connectivity index (χ0n) is 14.7. The van der Waals surface area contributed by atoms with Crippen molar-refractivity contribution < 1.29 is 18.0 Å². The minimum Gasteiger partial charge on any atom is -0.468 e. The summed E-state index contributed by atoms with van der Waals surface area (Å²) < 4.78 is 32.7. The first-order chi connectivity index (χ1) is 13.1. The van der Waals surface area contributed by atoms with E-state index in [0.29, 0.717) is 13.1 Å². The maximum Gasteiger partial charge on any atom is 0.234 e. The molecule has 0 saturated heterocycles. The van der Waals surface area contributed by atoms with Crippen molar-refractivity contribution in [3.63, 3.8) is 0 Å². The highest BCUT2D eigenvalue weighted by Crippen LogP contribution is 2.15. The van der Waals surface area contributed by atoms with Crippen LogP contribution in [0.4, 0.5) is 8.78 Å². The SMILES string of the molecule is O=C(CN(Cc1ccco1)Cc1cccs1)NCCc1c(F)cccc1F. The highest BCUT2D eigenvalue weighted by atomic mass is 32.1. The molecule has 1 N–H and O–H groups in total. The lowest BCUT2D eigenvalue weighted by Crippen LogP contribution is -2.37. The van der Waals surface area contributed by atoms with E-state index in [1.54, 1.807) is 17.6 Å². The van der Waals surface area contributed by atoms with Crippen molar-refractivity contribution in [2.75, 3.05) is 13.1 Å². The van der Waals surface area contributed by atoms with E-state index in [1.165, 1.54) is 18.2 Å². The standard InChI is InChI=1S/C20H20F2N2O2S/c21-18-6-1-7-19(22)17(18)8-9-23-20(25)14-24(12-15-4-2-10-26-15)13-16-5-3-11-27-16/h1-7,10-11H,8-9,12-14H2,(H,23,25). The predicted molar refractivity (Wildman–Crippen MR) is 100 cm³/mol. The molecule has 2 heterocycles. The lowest BCUT2D eigenvalue weighted by molar-refractivity contribution is -0.122. The number of carbonyl (C=O) groups is 1. The Labute approximate surface area is 160 Å². The van der Waals surface area contributed by atoms with Gasteiger partial charge in [0.1, 0.15) is 17.4 Å². The molecule has 142 valence electrons. The molecule has 4 nitrogen and oxygen atoms in total. The second kappa shape index (κ2) is 9.43. The van der Waals surface area contributed by atoms with Crippen LogP contribution in [-0.2, 0) is 24.3 Å². The maximum atomic E-state index is 13.6. The number of hydrogen-bond acceptors (Lipinski definition) is 4. The van der Waals surface area contributed by atoms with E-state index < -0.39 is 11.6 Å². The fourth-order valence-electron chi connectivity index (χ4n) is 2.77. The zero-order chi connectivity index (χ0) is 19.1. The molecule has 3 rings (SSSR count). The topological polar surface area (TPSA) is 45.5 Å². The average Bonchev–Trinajstić information content (AvgIpc) is 3.31. The summed E-state index contributed by atoms with van der Waals surface area (Å²) in [6.07, 6.45) is 1.70. The molecule has 3 aromatic rings. The number of carbonyl (C=O) groups excluding carboxylic acids is 1. The monoisotopic (exact) mass is 390 g/mol. The van der Waals surface area contributed by atoms with Gasteiger partial charge in [-0.25, -0.2) is 8.78 Å². The molecular formula is C20H20F2N2O2S. The first kappa shape index (κ1) is 19.3. The van der Waals surface area contributed by atoms with Crippen molar-refractivity contribution in [1.29, 1.82) is 0 Å². The van der Waals surface area contributed by atoms with Crippen molar-refractivity contribution in [3.05, 3.63) is 81.9 Å². The van der Waals surface area contributed by atoms with Crippen LogP contribution in [0.3, 0.4) is 0 Å². The first-order valence-electron chi connectivity index (χ1n) is 8.58. The van der Waals surface area contributed by atoms with Crippen LogP contribution in [-0.4, -0.2) is 23.9 Å². The van der Waals surface area contributed by atoms with Crippen molar-refractivity contribution >= 4 is 17.2 Å². The summed E-state index contributed by atoms with van der Waals surface area (Å²) in [7, 11) is 0. The Morgan fingerprint density at radius 3 is 2.56 bits per heavy atom. The molecule has 0 aliphatic heterocycles. The summed E-state index contributed by atoms with van der Waals surface area (Å²) in [6.45, 7) is 1.45. The summed E-state index contributed by atoms with van der Waals surface area (Å²) in [4.78, 5) is 15.4. The van der Waals surface area contributed by atoms with Gasteiger partial charge in [-0.05, 0) is 42.1 Å². The summed E-state index contributed by atoms with van der Waals surface area (Å²) in [5.41, 5.74) is -0.0103. The van der Waals surface area contributed by atoms with Crippen LogP contribution in [0.15, 0.2) is 58.5 Å². The van der Waals surface area contributed by atoms with E-state index in [9.17, 15) is 13.6 Å². The number of furan rings is 1. The fourth-order valence-corrected chi connectivity index (χ4v) is 3.52. The molecule has 0 atom stereocenters. The quantitative estimate of drug-likeness (QED) is 0.601. The van der Waals surface area contributed by atoms with Gasteiger partial charge in [-0.2, -0.15) is 0 Å². The third kappa shape index (κ3) is 5.74. The van der Waals surface area contributed by atoms with Crippen LogP contribution >= 0.6 is 11.3 Å². The van der Waals surface area contributed by atoms with Crippen LogP contribution in [0, 0.1) is 11.6 Å². The molecule has 2 aromatic heterocycles. The van der Waals surface area contributed by atoms with Gasteiger partial charge in [0.05, 0.1) is 19.4 Å². The Hall–Kier alpha value is -2.51. The molecule has 1 aromatic carbocycles. The second-order valence-electron chi connectivity index (χ2n) is 6.10. The van der Waals surface area contributed by atoms with Crippen LogP contribution in [0.25, 0.3) is 0 Å². The first-order valence-corrected chi connectivity index (χ1v) is 9.46. The highest BCUT2D eigenvalue weighted by molar-refractivity contribution is 7.09. The minimum absolute atomic E-state index is 0.0103. The molecule has 0 radical (unpaired) electrons. The molecule has 0 spiro atoms. The molecule has 27 heavy (non-hydrogen) atoms. The third-order valence-corrected chi connectivity index (χ3v) is 4.91. The Kier molecular flexibility index (Phi) is 6.73. The summed E-state index contributed by atoms with van der Waals surface area (Å²) in [5.74, 6) is -0.620. The van der Waals surface area contributed by atoms with E-state index in [1.807, 2.05) is 34.5 Å². The van der Waals surface area contributed by atoms with Gasteiger partial charge in [0, 0.05) is 23.5 Å². The molecule has 0 aliphatic carbocycles. The Balaban J connectivity index is 1.53. The maximum absolute atomic E-state index is 13.6. The van der Waals surface area contributed by atoms with E-state index in [0.717, 1.165) is 10.6 Å². The van der Waals surface area contributed by atoms with Gasteiger partial charge < -0.3 is 9.73 Å². The smallest absolute Gasteiger partial charge is 0.234 e. The van der Waals surface area contributed by atoms with Gasteiger partial charge in [0.2, 0.25) is 5.91 Å². The highest BCUT2D eigenvalue weighted by Gasteiger charge is 2.14. The van der Waals surface area contributed by atoms with Crippen molar-refractivity contribution in [3.8, 4) is 0 Å². The number of amides is 1. The number of hydrogen-bond donors (Lipinski definition) is 1. The Morgan fingerprint density at radius 2 is 1.89 bits per heavy atom. The number of halogens is 2. The lowest BCUT2D eigenvalue weighted by atomic mass is 10.1. The molecule has 0 bridgehead atoms. The van der Waals surface area contributed by atoms with Crippen LogP contribution in [0.5, 0.6) is 0 Å². The van der Waals surface area contributed by atoms with Gasteiger partial charge in [-0.1, -0.05) is 12.1 Å². The van der Waals surface area contributed by atoms with Crippen LogP contribution < -0.4 is 5.32 Å². The second-order valence-corrected chi connectivity index (χ2v) is 7.14. The van der Waals surface area contributed by atoms with Gasteiger partial charge >= 0.3 is 0 Å². The molecule has 7 heteroatoms. The zero-order valence-corrected chi connectivity index (χ0v) is 15.5. The normalized spacial score (nSPS) is 11.1. The predicted octanol–water partition coefficient (Wildman–Crippen LogP) is 3.98. The van der Waals surface area contributed by atoms with Gasteiger partial charge in [0.15, 0.2) is 0 Å². The lowest BCUT2D eigenvalue weighted by Gasteiger charge is -2.20. The van der Waals surface area contributed by atoms with E-state index in [4.69, 9.17) is 4.42 Å². The van der Waals surface area contributed by atoms with E-state index in [2.05, 4.69) is 5.32 Å². The number of nitrogens with one attached hydrogen (secondary N) is 1. The van der Waals surface area contributed by atoms with E-state index in [-0.39, 0.29) is 31.0 Å². The van der Waals surface area contributed by atoms with Gasteiger partial charge in [-0.3, -0.25) is 9.69 Å². The Bertz CT molecular complexity index is 795. The van der Waals surface area contributed by atoms with Crippen molar-refractivity contribution in [2.45, 2.75) is 19.5 Å². The Morgan fingerprint density at radius 1 is 1.07 bits per heavy atom. The number of benzene rings is 1. The summed E-state index contributed by atoms with van der Waals surface area (Å²) >= 11 is 1.62.